The highest BCUT2D eigenvalue weighted by molar-refractivity contribution is 7.13. The van der Waals surface area contributed by atoms with Crippen molar-refractivity contribution >= 4 is 28.8 Å². The molecule has 4 rings (SSSR count). The maximum absolute atomic E-state index is 12.5. The van der Waals surface area contributed by atoms with Gasteiger partial charge in [0.05, 0.1) is 18.7 Å². The summed E-state index contributed by atoms with van der Waals surface area (Å²) in [7, 11) is 0. The summed E-state index contributed by atoms with van der Waals surface area (Å²) < 4.78 is 11.1. The molecule has 172 valence electrons. The minimum atomic E-state index is -0.163. The van der Waals surface area contributed by atoms with E-state index in [-0.39, 0.29) is 24.8 Å². The minimum Gasteiger partial charge on any atom is -0.494 e. The van der Waals surface area contributed by atoms with E-state index in [1.165, 1.54) is 11.3 Å². The molecule has 0 bridgehead atoms. The van der Waals surface area contributed by atoms with E-state index in [1.54, 1.807) is 24.3 Å². The van der Waals surface area contributed by atoms with Crippen molar-refractivity contribution in [1.29, 1.82) is 0 Å². The number of nitrogens with zero attached hydrogens (tertiary/aromatic N) is 2. The van der Waals surface area contributed by atoms with Crippen LogP contribution in [-0.4, -0.2) is 48.0 Å². The van der Waals surface area contributed by atoms with Crippen LogP contribution in [0.1, 0.15) is 25.5 Å². The molecule has 1 aromatic heterocycles. The van der Waals surface area contributed by atoms with Crippen LogP contribution in [0.3, 0.4) is 0 Å². The predicted octanol–water partition coefficient (Wildman–Crippen LogP) is 4.39. The third kappa shape index (κ3) is 6.32. The molecule has 2 aromatic carbocycles. The number of carbonyl (C=O) groups is 2. The van der Waals surface area contributed by atoms with Gasteiger partial charge in [0.1, 0.15) is 16.5 Å². The molecule has 0 atom stereocenters. The largest absolute Gasteiger partial charge is 0.494 e. The summed E-state index contributed by atoms with van der Waals surface area (Å²) in [6.07, 6.45) is 2.27. The van der Waals surface area contributed by atoms with Crippen LogP contribution in [0.4, 0.5) is 5.69 Å². The van der Waals surface area contributed by atoms with E-state index in [2.05, 4.69) is 10.3 Å². The van der Waals surface area contributed by atoms with Gasteiger partial charge >= 0.3 is 0 Å². The van der Waals surface area contributed by atoms with Gasteiger partial charge in [0.2, 0.25) is 5.91 Å². The minimum absolute atomic E-state index is 0.00451. The molecule has 1 aliphatic heterocycles. The predicted molar refractivity (Wildman–Crippen MR) is 129 cm³/mol. The SMILES string of the molecule is CCOc1ccc(-c2nc(CC(=O)Nc3cccc(OCC(=O)N4CCCC4)c3)cs2)cc1. The fourth-order valence-corrected chi connectivity index (χ4v) is 4.44. The van der Waals surface area contributed by atoms with Crippen LogP contribution in [0, 0.1) is 0 Å². The number of rotatable bonds is 9. The van der Waals surface area contributed by atoms with Crippen LogP contribution in [0.25, 0.3) is 10.6 Å². The summed E-state index contributed by atoms with van der Waals surface area (Å²) in [5.41, 5.74) is 2.32. The Morgan fingerprint density at radius 3 is 2.61 bits per heavy atom. The van der Waals surface area contributed by atoms with Crippen molar-refractivity contribution in [3.8, 4) is 22.1 Å². The third-order valence-electron chi connectivity index (χ3n) is 5.24. The molecule has 0 aliphatic carbocycles. The number of likely N-dealkylation sites (tertiary alicyclic amines) is 1. The van der Waals surface area contributed by atoms with Gasteiger partial charge < -0.3 is 19.7 Å². The number of thiazole rings is 1. The summed E-state index contributed by atoms with van der Waals surface area (Å²) in [5.74, 6) is 1.20. The normalized spacial score (nSPS) is 13.1. The number of ether oxygens (including phenoxy) is 2. The highest BCUT2D eigenvalue weighted by Gasteiger charge is 2.18. The van der Waals surface area contributed by atoms with Crippen LogP contribution >= 0.6 is 11.3 Å². The van der Waals surface area contributed by atoms with Crippen LogP contribution in [-0.2, 0) is 16.0 Å². The second-order valence-electron chi connectivity index (χ2n) is 7.73. The van der Waals surface area contributed by atoms with E-state index in [1.807, 2.05) is 41.5 Å². The standard InChI is InChI=1S/C25H27N3O4S/c1-2-31-21-10-8-18(9-11-21)25-27-20(17-33-25)15-23(29)26-19-6-5-7-22(14-19)32-16-24(30)28-12-3-4-13-28/h5-11,14,17H,2-4,12-13,15-16H2,1H3,(H,26,29). The molecule has 2 amide bonds. The van der Waals surface area contributed by atoms with Gasteiger partial charge in [-0.05, 0) is 56.2 Å². The summed E-state index contributed by atoms with van der Waals surface area (Å²) in [5, 5.41) is 5.64. The Morgan fingerprint density at radius 2 is 1.85 bits per heavy atom. The second kappa shape index (κ2) is 11.0. The molecule has 1 N–H and O–H groups in total. The van der Waals surface area contributed by atoms with E-state index in [4.69, 9.17) is 9.47 Å². The molecule has 0 unspecified atom stereocenters. The Hall–Kier alpha value is -3.39. The first-order valence-electron chi connectivity index (χ1n) is 11.1. The number of hydrogen-bond acceptors (Lipinski definition) is 6. The molecule has 0 radical (unpaired) electrons. The lowest BCUT2D eigenvalue weighted by Gasteiger charge is -2.15. The van der Waals surface area contributed by atoms with E-state index in [0.29, 0.717) is 23.7 Å². The highest BCUT2D eigenvalue weighted by Crippen LogP contribution is 2.26. The first-order valence-corrected chi connectivity index (χ1v) is 12.0. The van der Waals surface area contributed by atoms with Gasteiger partial charge in [-0.1, -0.05) is 6.07 Å². The fourth-order valence-electron chi connectivity index (χ4n) is 3.62. The Bertz CT molecular complexity index is 1090. The van der Waals surface area contributed by atoms with Gasteiger partial charge in [-0.2, -0.15) is 0 Å². The molecule has 8 heteroatoms. The zero-order valence-electron chi connectivity index (χ0n) is 18.6. The van der Waals surface area contributed by atoms with Crippen molar-refractivity contribution in [2.45, 2.75) is 26.2 Å². The van der Waals surface area contributed by atoms with E-state index >= 15 is 0 Å². The number of benzene rings is 2. The van der Waals surface area contributed by atoms with Gasteiger partial charge in [-0.15, -0.1) is 11.3 Å². The quantitative estimate of drug-likeness (QED) is 0.507. The van der Waals surface area contributed by atoms with Crippen molar-refractivity contribution in [3.63, 3.8) is 0 Å². The maximum Gasteiger partial charge on any atom is 0.260 e. The van der Waals surface area contributed by atoms with Gasteiger partial charge in [-0.25, -0.2) is 4.98 Å². The Balaban J connectivity index is 1.30. The van der Waals surface area contributed by atoms with E-state index in [9.17, 15) is 9.59 Å². The lowest BCUT2D eigenvalue weighted by atomic mass is 10.2. The summed E-state index contributed by atoms with van der Waals surface area (Å²) in [6, 6.07) is 14.8. The van der Waals surface area contributed by atoms with Crippen molar-refractivity contribution in [1.82, 2.24) is 9.88 Å². The Kier molecular flexibility index (Phi) is 7.57. The number of anilines is 1. The average molecular weight is 466 g/mol. The average Bonchev–Trinajstić information content (AvgIpc) is 3.51. The first-order chi connectivity index (χ1) is 16.1. The topological polar surface area (TPSA) is 80.8 Å². The Morgan fingerprint density at radius 1 is 1.06 bits per heavy atom. The fraction of sp³-hybridized carbons (Fsp3) is 0.320. The lowest BCUT2D eigenvalue weighted by molar-refractivity contribution is -0.132. The van der Waals surface area contributed by atoms with Crippen molar-refractivity contribution in [2.75, 3.05) is 31.6 Å². The van der Waals surface area contributed by atoms with Crippen LogP contribution < -0.4 is 14.8 Å². The molecule has 2 heterocycles. The monoisotopic (exact) mass is 465 g/mol. The van der Waals surface area contributed by atoms with Gasteiger partial charge in [0.15, 0.2) is 6.61 Å². The van der Waals surface area contributed by atoms with Gasteiger partial charge in [0, 0.05) is 35.8 Å². The number of amides is 2. The molecule has 1 saturated heterocycles. The molecule has 3 aromatic rings. The summed E-state index contributed by atoms with van der Waals surface area (Å²) in [4.78, 5) is 31.1. The van der Waals surface area contributed by atoms with Crippen LogP contribution in [0.15, 0.2) is 53.9 Å². The number of nitrogens with one attached hydrogen (secondary N) is 1. The molecular formula is C25H27N3O4S. The number of carbonyl (C=O) groups excluding carboxylic acids is 2. The highest BCUT2D eigenvalue weighted by atomic mass is 32.1. The van der Waals surface area contributed by atoms with E-state index < -0.39 is 0 Å². The maximum atomic E-state index is 12.5. The van der Waals surface area contributed by atoms with Gasteiger partial charge in [-0.3, -0.25) is 9.59 Å². The van der Waals surface area contributed by atoms with Crippen molar-refractivity contribution < 1.29 is 19.1 Å². The first kappa shape index (κ1) is 22.8. The zero-order chi connectivity index (χ0) is 23.0. The van der Waals surface area contributed by atoms with Crippen molar-refractivity contribution in [3.05, 3.63) is 59.6 Å². The molecule has 33 heavy (non-hydrogen) atoms. The molecule has 1 fully saturated rings. The lowest BCUT2D eigenvalue weighted by Crippen LogP contribution is -2.32. The smallest absolute Gasteiger partial charge is 0.260 e. The van der Waals surface area contributed by atoms with Crippen LogP contribution in [0.2, 0.25) is 0 Å². The summed E-state index contributed by atoms with van der Waals surface area (Å²) >= 11 is 1.50. The van der Waals surface area contributed by atoms with Gasteiger partial charge in [0.25, 0.3) is 5.91 Å². The number of hydrogen-bond donors (Lipinski definition) is 1. The summed E-state index contributed by atoms with van der Waals surface area (Å²) in [6.45, 7) is 4.18. The van der Waals surface area contributed by atoms with E-state index in [0.717, 1.165) is 42.3 Å². The zero-order valence-corrected chi connectivity index (χ0v) is 19.4. The molecular weight excluding hydrogens is 438 g/mol. The number of aromatic nitrogens is 1. The Labute approximate surface area is 197 Å². The molecule has 7 nitrogen and oxygen atoms in total. The van der Waals surface area contributed by atoms with Crippen LogP contribution in [0.5, 0.6) is 11.5 Å². The third-order valence-corrected chi connectivity index (χ3v) is 6.18. The molecule has 0 saturated carbocycles. The second-order valence-corrected chi connectivity index (χ2v) is 8.59. The molecule has 0 spiro atoms. The van der Waals surface area contributed by atoms with Crippen molar-refractivity contribution in [2.24, 2.45) is 0 Å². The molecule has 1 aliphatic rings.